The number of amides is 1. The molecule has 0 aliphatic heterocycles. The van der Waals surface area contributed by atoms with Crippen LogP contribution in [-0.2, 0) is 4.79 Å². The third kappa shape index (κ3) is 2.75. The van der Waals surface area contributed by atoms with Gasteiger partial charge in [-0.05, 0) is 12.5 Å². The van der Waals surface area contributed by atoms with Gasteiger partial charge >= 0.3 is 0 Å². The van der Waals surface area contributed by atoms with Gasteiger partial charge in [-0.2, -0.15) is 0 Å². The van der Waals surface area contributed by atoms with Crippen LogP contribution in [0, 0.1) is 0 Å². The summed E-state index contributed by atoms with van der Waals surface area (Å²) < 4.78 is 0. The van der Waals surface area contributed by atoms with Crippen LogP contribution in [0.1, 0.15) is 18.5 Å². The summed E-state index contributed by atoms with van der Waals surface area (Å²) in [4.78, 5) is 10.3. The minimum atomic E-state index is -0.0105. The predicted octanol–water partition coefficient (Wildman–Crippen LogP) is 2.05. The van der Waals surface area contributed by atoms with E-state index in [-0.39, 0.29) is 6.04 Å². The van der Waals surface area contributed by atoms with Gasteiger partial charge < -0.3 is 5.32 Å². The van der Waals surface area contributed by atoms with Crippen molar-refractivity contribution in [2.24, 2.45) is 0 Å². The first kappa shape index (κ1) is 9.52. The smallest absolute Gasteiger partial charge is 0.207 e. The van der Waals surface area contributed by atoms with Gasteiger partial charge in [0.2, 0.25) is 6.41 Å². The van der Waals surface area contributed by atoms with E-state index in [0.29, 0.717) is 0 Å². The molecule has 0 aliphatic carbocycles. The van der Waals surface area contributed by atoms with E-state index in [9.17, 15) is 4.79 Å². The molecule has 0 heterocycles. The zero-order valence-corrected chi connectivity index (χ0v) is 7.60. The number of allylic oxidation sites excluding steroid dienone is 1. The lowest BCUT2D eigenvalue weighted by Crippen LogP contribution is -2.17. The highest BCUT2D eigenvalue weighted by atomic mass is 16.1. The zero-order chi connectivity index (χ0) is 9.52. The van der Waals surface area contributed by atoms with E-state index >= 15 is 0 Å². The van der Waals surface area contributed by atoms with Crippen LogP contribution in [0.4, 0.5) is 0 Å². The fraction of sp³-hybridized carbons (Fsp3) is 0.182. The minimum Gasteiger partial charge on any atom is -0.348 e. The van der Waals surface area contributed by atoms with Gasteiger partial charge in [0.25, 0.3) is 0 Å². The molecule has 0 aliphatic rings. The Hall–Kier alpha value is -1.57. The monoisotopic (exact) mass is 175 g/mol. The van der Waals surface area contributed by atoms with Crippen molar-refractivity contribution in [2.45, 2.75) is 13.0 Å². The van der Waals surface area contributed by atoms with E-state index in [1.54, 1.807) is 0 Å². The standard InChI is InChI=1S/C11H13NO/c1-2-6-11(12-9-13)10-7-4-3-5-8-10/h2-9,11H,1H3,(H,12,13)/b6-2+. The van der Waals surface area contributed by atoms with Crippen LogP contribution in [-0.4, -0.2) is 6.41 Å². The maximum absolute atomic E-state index is 10.3. The fourth-order valence-electron chi connectivity index (χ4n) is 1.19. The lowest BCUT2D eigenvalue weighted by atomic mass is 10.1. The minimum absolute atomic E-state index is 0.0105. The Morgan fingerprint density at radius 2 is 2.00 bits per heavy atom. The first-order valence-corrected chi connectivity index (χ1v) is 4.26. The highest BCUT2D eigenvalue weighted by molar-refractivity contribution is 5.48. The van der Waals surface area contributed by atoms with Crippen molar-refractivity contribution in [2.75, 3.05) is 0 Å². The highest BCUT2D eigenvalue weighted by Crippen LogP contribution is 2.12. The van der Waals surface area contributed by atoms with Crippen molar-refractivity contribution < 1.29 is 4.79 Å². The van der Waals surface area contributed by atoms with E-state index in [4.69, 9.17) is 0 Å². The van der Waals surface area contributed by atoms with Gasteiger partial charge in [0.1, 0.15) is 0 Å². The molecule has 13 heavy (non-hydrogen) atoms. The topological polar surface area (TPSA) is 29.1 Å². The molecular formula is C11H13NO. The van der Waals surface area contributed by atoms with Gasteiger partial charge in [-0.15, -0.1) is 0 Å². The van der Waals surface area contributed by atoms with Gasteiger partial charge in [-0.1, -0.05) is 42.5 Å². The SMILES string of the molecule is C/C=C/C(NC=O)c1ccccc1. The second-order valence-electron chi connectivity index (χ2n) is 2.70. The normalized spacial score (nSPS) is 12.7. The van der Waals surface area contributed by atoms with Gasteiger partial charge in [-0.25, -0.2) is 0 Å². The number of hydrogen-bond donors (Lipinski definition) is 1. The Bertz CT molecular complexity index is 279. The second-order valence-corrected chi connectivity index (χ2v) is 2.70. The molecule has 1 rings (SSSR count). The maximum Gasteiger partial charge on any atom is 0.207 e. The molecule has 1 atom stereocenters. The van der Waals surface area contributed by atoms with Crippen LogP contribution in [0.3, 0.4) is 0 Å². The summed E-state index contributed by atoms with van der Waals surface area (Å²) in [6, 6.07) is 9.83. The number of benzene rings is 1. The zero-order valence-electron chi connectivity index (χ0n) is 7.60. The summed E-state index contributed by atoms with van der Waals surface area (Å²) in [5.74, 6) is 0. The summed E-state index contributed by atoms with van der Waals surface area (Å²) in [7, 11) is 0. The molecule has 0 radical (unpaired) electrons. The number of carbonyl (C=O) groups is 1. The molecule has 68 valence electrons. The first-order valence-electron chi connectivity index (χ1n) is 4.26. The number of rotatable bonds is 4. The van der Waals surface area contributed by atoms with E-state index in [1.807, 2.05) is 49.4 Å². The van der Waals surface area contributed by atoms with Gasteiger partial charge in [0, 0.05) is 0 Å². The molecule has 2 heteroatoms. The van der Waals surface area contributed by atoms with E-state index in [0.717, 1.165) is 12.0 Å². The van der Waals surface area contributed by atoms with Crippen molar-refractivity contribution in [3.8, 4) is 0 Å². The molecule has 1 aromatic rings. The quantitative estimate of drug-likeness (QED) is 0.550. The van der Waals surface area contributed by atoms with E-state index in [1.165, 1.54) is 0 Å². The molecule has 0 saturated heterocycles. The second kappa shape index (κ2) is 5.14. The molecule has 0 bridgehead atoms. The molecule has 0 spiro atoms. The van der Waals surface area contributed by atoms with Crippen molar-refractivity contribution in [3.63, 3.8) is 0 Å². The Morgan fingerprint density at radius 3 is 2.54 bits per heavy atom. The summed E-state index contributed by atoms with van der Waals surface area (Å²) in [6.45, 7) is 1.93. The summed E-state index contributed by atoms with van der Waals surface area (Å²) >= 11 is 0. The van der Waals surface area contributed by atoms with E-state index < -0.39 is 0 Å². The summed E-state index contributed by atoms with van der Waals surface area (Å²) in [5.41, 5.74) is 1.09. The van der Waals surface area contributed by atoms with Crippen molar-refractivity contribution in [1.82, 2.24) is 5.32 Å². The van der Waals surface area contributed by atoms with Crippen LogP contribution in [0.5, 0.6) is 0 Å². The first-order chi connectivity index (χ1) is 6.38. The number of nitrogens with one attached hydrogen (secondary N) is 1. The van der Waals surface area contributed by atoms with Crippen LogP contribution in [0.15, 0.2) is 42.5 Å². The van der Waals surface area contributed by atoms with Crippen molar-refractivity contribution in [1.29, 1.82) is 0 Å². The van der Waals surface area contributed by atoms with Crippen LogP contribution in [0.2, 0.25) is 0 Å². The van der Waals surface area contributed by atoms with Gasteiger partial charge in [0.05, 0.1) is 6.04 Å². The van der Waals surface area contributed by atoms with Gasteiger partial charge in [0.15, 0.2) is 0 Å². The lowest BCUT2D eigenvalue weighted by molar-refractivity contribution is -0.109. The molecule has 1 amide bonds. The molecule has 0 fully saturated rings. The highest BCUT2D eigenvalue weighted by Gasteiger charge is 2.03. The molecule has 1 aromatic carbocycles. The molecular weight excluding hydrogens is 162 g/mol. The summed E-state index contributed by atoms with van der Waals surface area (Å²) in [6.07, 6.45) is 4.59. The Balaban J connectivity index is 2.81. The summed E-state index contributed by atoms with van der Waals surface area (Å²) in [5, 5.41) is 2.73. The molecule has 1 N–H and O–H groups in total. The van der Waals surface area contributed by atoms with Crippen molar-refractivity contribution >= 4 is 6.41 Å². The third-order valence-electron chi connectivity index (χ3n) is 1.79. The van der Waals surface area contributed by atoms with Crippen LogP contribution >= 0.6 is 0 Å². The largest absolute Gasteiger partial charge is 0.348 e. The van der Waals surface area contributed by atoms with Crippen molar-refractivity contribution in [3.05, 3.63) is 48.0 Å². The van der Waals surface area contributed by atoms with Crippen LogP contribution in [0.25, 0.3) is 0 Å². The van der Waals surface area contributed by atoms with Crippen LogP contribution < -0.4 is 5.32 Å². The predicted molar refractivity (Wildman–Crippen MR) is 53.2 cm³/mol. The number of hydrogen-bond acceptors (Lipinski definition) is 1. The maximum atomic E-state index is 10.3. The lowest BCUT2D eigenvalue weighted by Gasteiger charge is -2.11. The number of carbonyl (C=O) groups excluding carboxylic acids is 1. The molecule has 2 nitrogen and oxygen atoms in total. The third-order valence-corrected chi connectivity index (χ3v) is 1.79. The molecule has 0 saturated carbocycles. The Labute approximate surface area is 78.3 Å². The Morgan fingerprint density at radius 1 is 1.31 bits per heavy atom. The van der Waals surface area contributed by atoms with E-state index in [2.05, 4.69) is 5.32 Å². The van der Waals surface area contributed by atoms with Gasteiger partial charge in [-0.3, -0.25) is 4.79 Å². The average molecular weight is 175 g/mol. The Kier molecular flexibility index (Phi) is 3.76. The fourth-order valence-corrected chi connectivity index (χ4v) is 1.19. The molecule has 1 unspecified atom stereocenters. The average Bonchev–Trinajstić information content (AvgIpc) is 2.19. The molecule has 0 aromatic heterocycles.